The number of unbranched alkanes of at least 4 members (excludes halogenated alkanes) is 1. The Bertz CT molecular complexity index is 2000. The van der Waals surface area contributed by atoms with E-state index in [0.717, 1.165) is 4.90 Å². The summed E-state index contributed by atoms with van der Waals surface area (Å²) in [5.41, 5.74) is 11.0. The average Bonchev–Trinajstić information content (AvgIpc) is 3.82. The Morgan fingerprint density at radius 1 is 0.600 bits per heavy atom. The predicted molar refractivity (Wildman–Crippen MR) is 278 cm³/mol. The van der Waals surface area contributed by atoms with Gasteiger partial charge in [-0.3, -0.25) is 57.5 Å². The first-order valence-corrected chi connectivity index (χ1v) is 26.1. The summed E-state index contributed by atoms with van der Waals surface area (Å²) in [5, 5.41) is 52.4. The van der Waals surface area contributed by atoms with Crippen molar-refractivity contribution in [2.24, 2.45) is 23.3 Å². The maximum atomic E-state index is 14.2. The van der Waals surface area contributed by atoms with Crippen molar-refractivity contribution in [1.29, 1.82) is 0 Å². The predicted octanol–water partition coefficient (Wildman–Crippen LogP) is -4.82. The first kappa shape index (κ1) is 67.2. The lowest BCUT2D eigenvalue weighted by Crippen LogP contribution is -2.61. The summed E-state index contributed by atoms with van der Waals surface area (Å²) in [6.45, 7) is 10.1. The second kappa shape index (κ2) is 34.0. The Kier molecular flexibility index (Phi) is 30.5. The highest BCUT2D eigenvalue weighted by Crippen LogP contribution is 2.20. The molecule has 16 N–H and O–H groups in total. The molecule has 0 radical (unpaired) electrons. The number of amides is 11. The van der Waals surface area contributed by atoms with Crippen LogP contribution in [0.1, 0.15) is 106 Å². The van der Waals surface area contributed by atoms with Gasteiger partial charge in [0.2, 0.25) is 65.0 Å². The number of carbonyl (C=O) groups excluding carboxylic acids is 11. The smallest absolute Gasteiger partial charge is 0.303 e. The van der Waals surface area contributed by atoms with Crippen molar-refractivity contribution in [1.82, 2.24) is 52.8 Å². The number of nitrogens with one attached hydrogen (secondary N) is 9. The van der Waals surface area contributed by atoms with E-state index < -0.39 is 157 Å². The Labute approximate surface area is 447 Å². The summed E-state index contributed by atoms with van der Waals surface area (Å²) in [6.07, 6.45) is -2.73. The molecule has 1 aliphatic rings. The second-order valence-corrected chi connectivity index (χ2v) is 20.0. The summed E-state index contributed by atoms with van der Waals surface area (Å²) >= 11 is 8.04. The van der Waals surface area contributed by atoms with Gasteiger partial charge in [0.25, 0.3) is 0 Å². The molecule has 0 aromatic heterocycles. The number of hydrogen-bond donors (Lipinski definition) is 16. The molecule has 426 valence electrons. The summed E-state index contributed by atoms with van der Waals surface area (Å²) in [6, 6.07) is -12.2. The second-order valence-electron chi connectivity index (χ2n) is 19.2. The van der Waals surface area contributed by atoms with Crippen LogP contribution in [-0.2, 0) is 57.5 Å². The standard InChI is InChI=1S/C46H80N12O15S2/c1-22(2)17-29(54-44(71)36(24(5)59)57-42(69)32(21-75)50-26(7)61)40(67)52-28(13-14-35(63)64)46(73)58-16-10-12-33(58)43(70)49-19-34(62)51-27(11-8-9-15-47)39(66)53-30(18-23(3)4)41(68)56-37(25(6)60)45(72)55-31(20-74)38(48)65/h22-25,27-33,36-37,59-60,74-75H,8-21,47H2,1-7H3,(H2,48,65)(H,49,70)(H,50,61)(H,51,62)(H,52,67)(H,53,66)(H,54,71)(H,55,72)(H,56,68)(H,57,69)(H,63,64)/t24-,25-,27+,28+,29+,30+,31+,32+,33-,36+,37+/m1/s1. The third kappa shape index (κ3) is 24.2. The molecule has 11 atom stereocenters. The van der Waals surface area contributed by atoms with E-state index in [0.29, 0.717) is 19.3 Å². The molecule has 1 rings (SSSR count). The van der Waals surface area contributed by atoms with Crippen molar-refractivity contribution >= 4 is 96.2 Å². The normalized spacial score (nSPS) is 17.3. The number of nitrogens with two attached hydrogens (primary N) is 2. The highest BCUT2D eigenvalue weighted by molar-refractivity contribution is 7.80. The van der Waals surface area contributed by atoms with Crippen LogP contribution < -0.4 is 59.3 Å². The minimum atomic E-state index is -1.62. The van der Waals surface area contributed by atoms with Gasteiger partial charge in [0, 0.05) is 31.4 Å². The van der Waals surface area contributed by atoms with Crippen LogP contribution in [0.25, 0.3) is 0 Å². The molecule has 0 aromatic carbocycles. The van der Waals surface area contributed by atoms with Gasteiger partial charge in [-0.15, -0.1) is 0 Å². The number of hydrogen-bond acceptors (Lipinski definition) is 17. The molecule has 0 spiro atoms. The SMILES string of the molecule is CC(=O)N[C@@H](CS)C(=O)N[C@H](C(=O)N[C@@H](CC(C)C)C(=O)N[C@@H](CCC(=O)O)C(=O)N1CCC[C@@H]1C(=O)NCC(=O)N[C@@H](CCCCN)C(=O)N[C@@H](CC(C)C)C(=O)N[C@H](C(=O)N[C@@H](CS)C(N)=O)[C@@H](C)O)[C@@H](C)O. The quantitative estimate of drug-likeness (QED) is 0.0212. The maximum absolute atomic E-state index is 14.2. The van der Waals surface area contributed by atoms with E-state index in [1.54, 1.807) is 27.7 Å². The minimum absolute atomic E-state index is 0.00303. The lowest BCUT2D eigenvalue weighted by molar-refractivity contribution is -0.143. The van der Waals surface area contributed by atoms with Gasteiger partial charge in [0.05, 0.1) is 18.8 Å². The molecule has 0 unspecified atom stereocenters. The van der Waals surface area contributed by atoms with Crippen molar-refractivity contribution in [3.63, 3.8) is 0 Å². The molecule has 75 heavy (non-hydrogen) atoms. The first-order chi connectivity index (χ1) is 35.1. The minimum Gasteiger partial charge on any atom is -0.481 e. The van der Waals surface area contributed by atoms with E-state index in [9.17, 15) is 72.9 Å². The van der Waals surface area contributed by atoms with Gasteiger partial charge in [-0.05, 0) is 83.6 Å². The fraction of sp³-hybridized carbons (Fsp3) is 0.739. The van der Waals surface area contributed by atoms with Crippen molar-refractivity contribution in [3.8, 4) is 0 Å². The van der Waals surface area contributed by atoms with E-state index in [1.807, 2.05) is 0 Å². The van der Waals surface area contributed by atoms with Crippen molar-refractivity contribution in [3.05, 3.63) is 0 Å². The maximum Gasteiger partial charge on any atom is 0.303 e. The molecule has 27 nitrogen and oxygen atoms in total. The van der Waals surface area contributed by atoms with Crippen LogP contribution in [0.4, 0.5) is 0 Å². The number of nitrogens with zero attached hydrogens (tertiary/aromatic N) is 1. The number of rotatable bonds is 34. The highest BCUT2D eigenvalue weighted by atomic mass is 32.1. The van der Waals surface area contributed by atoms with Gasteiger partial charge in [0.1, 0.15) is 54.4 Å². The molecule has 1 aliphatic heterocycles. The Morgan fingerprint density at radius 2 is 1.07 bits per heavy atom. The van der Waals surface area contributed by atoms with E-state index in [1.165, 1.54) is 20.8 Å². The Morgan fingerprint density at radius 3 is 1.52 bits per heavy atom. The zero-order chi connectivity index (χ0) is 57.3. The summed E-state index contributed by atoms with van der Waals surface area (Å²) in [4.78, 5) is 158. The molecule has 11 amide bonds. The van der Waals surface area contributed by atoms with Crippen LogP contribution in [0.15, 0.2) is 0 Å². The van der Waals surface area contributed by atoms with Crippen LogP contribution in [0.3, 0.4) is 0 Å². The molecule has 1 saturated heterocycles. The number of carboxylic acid groups (broad SMARTS) is 1. The van der Waals surface area contributed by atoms with Gasteiger partial charge in [-0.1, -0.05) is 27.7 Å². The summed E-state index contributed by atoms with van der Waals surface area (Å²) in [7, 11) is 0. The summed E-state index contributed by atoms with van der Waals surface area (Å²) in [5.74, 6) is -11.4. The third-order valence-electron chi connectivity index (χ3n) is 11.6. The van der Waals surface area contributed by atoms with E-state index in [4.69, 9.17) is 11.5 Å². The van der Waals surface area contributed by atoms with Crippen LogP contribution in [0.2, 0.25) is 0 Å². The number of thiol groups is 2. The van der Waals surface area contributed by atoms with Crippen molar-refractivity contribution < 1.29 is 72.9 Å². The van der Waals surface area contributed by atoms with Crippen LogP contribution in [-0.4, -0.2) is 189 Å². The molecule has 0 aliphatic carbocycles. The van der Waals surface area contributed by atoms with Crippen molar-refractivity contribution in [2.45, 2.75) is 173 Å². The monoisotopic (exact) mass is 1100 g/mol. The topological polar surface area (TPSA) is 429 Å². The average molecular weight is 1110 g/mol. The van der Waals surface area contributed by atoms with E-state index in [-0.39, 0.29) is 62.1 Å². The largest absolute Gasteiger partial charge is 0.481 e. The van der Waals surface area contributed by atoms with Gasteiger partial charge in [0.15, 0.2) is 0 Å². The van der Waals surface area contributed by atoms with Gasteiger partial charge in [-0.2, -0.15) is 25.3 Å². The molecule has 1 fully saturated rings. The lowest BCUT2D eigenvalue weighted by atomic mass is 10.0. The zero-order valence-electron chi connectivity index (χ0n) is 43.6. The number of aliphatic hydroxyl groups is 2. The van der Waals surface area contributed by atoms with E-state index in [2.05, 4.69) is 73.1 Å². The lowest BCUT2D eigenvalue weighted by Gasteiger charge is -2.30. The molecule has 0 aromatic rings. The molecule has 29 heteroatoms. The van der Waals surface area contributed by atoms with E-state index >= 15 is 0 Å². The number of aliphatic carboxylic acids is 1. The molecule has 0 bridgehead atoms. The fourth-order valence-corrected chi connectivity index (χ4v) is 8.29. The van der Waals surface area contributed by atoms with Gasteiger partial charge in [-0.25, -0.2) is 0 Å². The summed E-state index contributed by atoms with van der Waals surface area (Å²) < 4.78 is 0. The van der Waals surface area contributed by atoms with Crippen LogP contribution in [0, 0.1) is 11.8 Å². The Balaban J connectivity index is 3.28. The molecule has 1 heterocycles. The van der Waals surface area contributed by atoms with Crippen LogP contribution >= 0.6 is 25.3 Å². The number of carboxylic acids is 1. The molecular weight excluding hydrogens is 1020 g/mol. The number of likely N-dealkylation sites (tertiary alicyclic amines) is 1. The zero-order valence-corrected chi connectivity index (χ0v) is 45.4. The number of primary amides is 1. The number of aliphatic hydroxyl groups excluding tert-OH is 2. The van der Waals surface area contributed by atoms with Gasteiger partial charge < -0.3 is 79.5 Å². The van der Waals surface area contributed by atoms with Crippen molar-refractivity contribution in [2.75, 3.05) is 31.1 Å². The first-order valence-electron chi connectivity index (χ1n) is 24.8. The fourth-order valence-electron chi connectivity index (χ4n) is 7.76. The molecule has 0 saturated carbocycles. The third-order valence-corrected chi connectivity index (χ3v) is 12.4. The molecular formula is C46H80N12O15S2. The number of carbonyl (C=O) groups is 12. The highest BCUT2D eigenvalue weighted by Gasteiger charge is 2.40. The Hall–Kier alpha value is -5.78. The van der Waals surface area contributed by atoms with Crippen LogP contribution in [0.5, 0.6) is 0 Å². The van der Waals surface area contributed by atoms with Gasteiger partial charge >= 0.3 is 5.97 Å².